The molecule has 0 heterocycles. The molecule has 2 aliphatic rings. The first-order valence-electron chi connectivity index (χ1n) is 12.9. The van der Waals surface area contributed by atoms with Gasteiger partial charge < -0.3 is 4.74 Å². The first kappa shape index (κ1) is 25.2. The van der Waals surface area contributed by atoms with Crippen molar-refractivity contribution >= 4 is 0 Å². The van der Waals surface area contributed by atoms with Gasteiger partial charge in [-0.25, -0.2) is 0 Å². The van der Waals surface area contributed by atoms with E-state index in [9.17, 15) is 13.2 Å². The first-order chi connectivity index (χ1) is 15.4. The molecule has 0 amide bonds. The molecular weight excluding hydrogens is 409 g/mol. The fourth-order valence-corrected chi connectivity index (χ4v) is 5.86. The molecule has 0 spiro atoms. The highest BCUT2D eigenvalue weighted by Crippen LogP contribution is 2.43. The van der Waals surface area contributed by atoms with Crippen LogP contribution in [0.4, 0.5) is 13.2 Å². The predicted molar refractivity (Wildman–Crippen MR) is 126 cm³/mol. The summed E-state index contributed by atoms with van der Waals surface area (Å²) < 4.78 is 40.6. The van der Waals surface area contributed by atoms with Crippen molar-refractivity contribution < 1.29 is 17.9 Å². The number of unbranched alkanes of at least 4 members (excludes halogenated alkanes) is 2. The lowest BCUT2D eigenvalue weighted by Crippen LogP contribution is -2.25. The van der Waals surface area contributed by atoms with Gasteiger partial charge in [-0.15, -0.1) is 13.2 Å². The van der Waals surface area contributed by atoms with E-state index in [4.69, 9.17) is 0 Å². The topological polar surface area (TPSA) is 9.23 Å². The van der Waals surface area contributed by atoms with Crippen molar-refractivity contribution in [3.8, 4) is 5.75 Å². The molecule has 1 aromatic rings. The highest BCUT2D eigenvalue weighted by molar-refractivity contribution is 5.28. The lowest BCUT2D eigenvalue weighted by Gasteiger charge is -2.37. The van der Waals surface area contributed by atoms with Crippen LogP contribution in [0.25, 0.3) is 0 Å². The van der Waals surface area contributed by atoms with Gasteiger partial charge in [-0.2, -0.15) is 0 Å². The Bertz CT molecular complexity index is 663. The molecule has 0 saturated heterocycles. The molecule has 1 nitrogen and oxygen atoms in total. The van der Waals surface area contributed by atoms with Crippen molar-refractivity contribution in [2.24, 2.45) is 23.7 Å². The van der Waals surface area contributed by atoms with Crippen molar-refractivity contribution in [3.05, 3.63) is 42.0 Å². The second-order valence-electron chi connectivity index (χ2n) is 10.2. The number of allylic oxidation sites excluding steroid dienone is 2. The van der Waals surface area contributed by atoms with Gasteiger partial charge in [0.2, 0.25) is 0 Å². The Hall–Kier alpha value is -1.45. The zero-order valence-electron chi connectivity index (χ0n) is 19.7. The highest BCUT2D eigenvalue weighted by atomic mass is 19.4. The van der Waals surface area contributed by atoms with Gasteiger partial charge in [0, 0.05) is 0 Å². The van der Waals surface area contributed by atoms with Gasteiger partial charge >= 0.3 is 6.36 Å². The number of ether oxygens (including phenoxy) is 1. The number of alkyl halides is 3. The molecule has 32 heavy (non-hydrogen) atoms. The van der Waals surface area contributed by atoms with Crippen LogP contribution >= 0.6 is 0 Å². The standard InChI is InChI=1S/C28H41F3O/c1-2-3-4-7-22-10-16-25(17-11-22)26-18-12-23(13-19-26)8-5-6-9-24-14-20-27(21-15-24)32-28(29,30)31/h5-6,14-15,20-23,25-26H,2-4,7-13,16-19H2,1H3/b6-5-. The number of hydrogen-bond donors (Lipinski definition) is 0. The number of benzene rings is 1. The zero-order chi connectivity index (χ0) is 22.8. The minimum atomic E-state index is -4.63. The minimum Gasteiger partial charge on any atom is -0.406 e. The third-order valence-electron chi connectivity index (χ3n) is 7.81. The van der Waals surface area contributed by atoms with Crippen LogP contribution in [0.1, 0.15) is 96.0 Å². The second kappa shape index (κ2) is 12.7. The molecular formula is C28H41F3O. The van der Waals surface area contributed by atoms with Crippen LogP contribution in [0, 0.1) is 23.7 Å². The molecule has 2 aliphatic carbocycles. The number of rotatable bonds is 10. The van der Waals surface area contributed by atoms with Gasteiger partial charge in [-0.05, 0) is 92.7 Å². The van der Waals surface area contributed by atoms with E-state index in [1.807, 2.05) is 0 Å². The van der Waals surface area contributed by atoms with Gasteiger partial charge in [0.1, 0.15) is 5.75 Å². The van der Waals surface area contributed by atoms with Gasteiger partial charge in [0.05, 0.1) is 0 Å². The Morgan fingerprint density at radius 1 is 0.812 bits per heavy atom. The Morgan fingerprint density at radius 3 is 1.97 bits per heavy atom. The third kappa shape index (κ3) is 8.83. The van der Waals surface area contributed by atoms with Gasteiger partial charge in [0.25, 0.3) is 0 Å². The van der Waals surface area contributed by atoms with Gasteiger partial charge in [-0.1, -0.05) is 69.7 Å². The van der Waals surface area contributed by atoms with Crippen molar-refractivity contribution in [2.75, 3.05) is 0 Å². The second-order valence-corrected chi connectivity index (χ2v) is 10.2. The zero-order valence-corrected chi connectivity index (χ0v) is 19.7. The molecule has 2 fully saturated rings. The molecule has 3 rings (SSSR count). The van der Waals surface area contributed by atoms with Crippen LogP contribution in [0.5, 0.6) is 5.75 Å². The Kier molecular flexibility index (Phi) is 9.99. The van der Waals surface area contributed by atoms with E-state index >= 15 is 0 Å². The van der Waals surface area contributed by atoms with Crippen molar-refractivity contribution in [2.45, 2.75) is 103 Å². The predicted octanol–water partition coefficient (Wildman–Crippen LogP) is 9.27. The molecule has 4 heteroatoms. The monoisotopic (exact) mass is 450 g/mol. The molecule has 0 aliphatic heterocycles. The summed E-state index contributed by atoms with van der Waals surface area (Å²) in [5, 5.41) is 0. The Labute approximate surface area is 192 Å². The lowest BCUT2D eigenvalue weighted by molar-refractivity contribution is -0.274. The molecule has 2 saturated carbocycles. The number of halogens is 3. The van der Waals surface area contributed by atoms with Crippen LogP contribution < -0.4 is 4.74 Å². The molecule has 0 N–H and O–H groups in total. The summed E-state index contributed by atoms with van der Waals surface area (Å²) in [7, 11) is 0. The molecule has 0 aromatic heterocycles. The molecule has 0 bridgehead atoms. The van der Waals surface area contributed by atoms with Crippen LogP contribution in [-0.4, -0.2) is 6.36 Å². The van der Waals surface area contributed by atoms with E-state index < -0.39 is 6.36 Å². The van der Waals surface area contributed by atoms with Crippen molar-refractivity contribution in [1.29, 1.82) is 0 Å². The highest BCUT2D eigenvalue weighted by Gasteiger charge is 2.31. The summed E-state index contributed by atoms with van der Waals surface area (Å²) in [6, 6.07) is 6.18. The summed E-state index contributed by atoms with van der Waals surface area (Å²) in [4.78, 5) is 0. The molecule has 1 aromatic carbocycles. The van der Waals surface area contributed by atoms with E-state index in [-0.39, 0.29) is 5.75 Å². The van der Waals surface area contributed by atoms with Crippen LogP contribution in [0.3, 0.4) is 0 Å². The van der Waals surface area contributed by atoms with Gasteiger partial charge in [0.15, 0.2) is 0 Å². The van der Waals surface area contributed by atoms with Crippen molar-refractivity contribution in [1.82, 2.24) is 0 Å². The maximum absolute atomic E-state index is 12.2. The van der Waals surface area contributed by atoms with E-state index in [1.54, 1.807) is 12.1 Å². The summed E-state index contributed by atoms with van der Waals surface area (Å²) in [6.45, 7) is 2.29. The summed E-state index contributed by atoms with van der Waals surface area (Å²) in [6.07, 6.45) is 18.7. The first-order valence-corrected chi connectivity index (χ1v) is 12.9. The van der Waals surface area contributed by atoms with E-state index in [2.05, 4.69) is 23.8 Å². The molecule has 180 valence electrons. The van der Waals surface area contributed by atoms with Crippen LogP contribution in [0.2, 0.25) is 0 Å². The van der Waals surface area contributed by atoms with E-state index in [1.165, 1.54) is 89.2 Å². The fraction of sp³-hybridized carbons (Fsp3) is 0.714. The minimum absolute atomic E-state index is 0.160. The fourth-order valence-electron chi connectivity index (χ4n) is 5.86. The Morgan fingerprint density at radius 2 is 1.41 bits per heavy atom. The lowest BCUT2D eigenvalue weighted by atomic mass is 9.68. The van der Waals surface area contributed by atoms with Crippen molar-refractivity contribution in [3.63, 3.8) is 0 Å². The largest absolute Gasteiger partial charge is 0.573 e. The summed E-state index contributed by atoms with van der Waals surface area (Å²) in [5.74, 6) is 3.59. The summed E-state index contributed by atoms with van der Waals surface area (Å²) in [5.41, 5.74) is 1.00. The normalized spacial score (nSPS) is 27.0. The average molecular weight is 451 g/mol. The van der Waals surface area contributed by atoms with Crippen LogP contribution in [0.15, 0.2) is 36.4 Å². The number of hydrogen-bond acceptors (Lipinski definition) is 1. The SMILES string of the molecule is CCCCCC1CCC(C2CCC(C/C=C\Cc3ccc(OC(F)(F)F)cc3)CC2)CC1. The average Bonchev–Trinajstić information content (AvgIpc) is 2.78. The molecule has 0 unspecified atom stereocenters. The smallest absolute Gasteiger partial charge is 0.406 e. The van der Waals surface area contributed by atoms with Gasteiger partial charge in [-0.3, -0.25) is 0 Å². The van der Waals surface area contributed by atoms with E-state index in [0.717, 1.165) is 42.1 Å². The maximum atomic E-state index is 12.2. The third-order valence-corrected chi connectivity index (χ3v) is 7.81. The molecule has 0 radical (unpaired) electrons. The van der Waals surface area contributed by atoms with Crippen LogP contribution in [-0.2, 0) is 6.42 Å². The van der Waals surface area contributed by atoms with E-state index in [0.29, 0.717) is 0 Å². The summed E-state index contributed by atoms with van der Waals surface area (Å²) >= 11 is 0. The Balaban J connectivity index is 1.30. The molecule has 0 atom stereocenters. The maximum Gasteiger partial charge on any atom is 0.573 e. The quantitative estimate of drug-likeness (QED) is 0.255.